The second kappa shape index (κ2) is 7.04. The Kier molecular flexibility index (Phi) is 6.22. The van der Waals surface area contributed by atoms with E-state index in [9.17, 15) is 12.8 Å². The highest BCUT2D eigenvalue weighted by Gasteiger charge is 2.29. The molecule has 0 aromatic heterocycles. The van der Waals surface area contributed by atoms with Crippen LogP contribution in [0.2, 0.25) is 5.02 Å². The van der Waals surface area contributed by atoms with Crippen LogP contribution in [0.5, 0.6) is 0 Å². The van der Waals surface area contributed by atoms with Crippen LogP contribution in [-0.2, 0) is 15.8 Å². The van der Waals surface area contributed by atoms with Crippen LogP contribution in [-0.4, -0.2) is 38.4 Å². The Labute approximate surface area is 129 Å². The van der Waals surface area contributed by atoms with Crippen molar-refractivity contribution in [2.45, 2.75) is 18.7 Å². The quantitative estimate of drug-likeness (QED) is 0.914. The third kappa shape index (κ3) is 4.05. The van der Waals surface area contributed by atoms with Crippen LogP contribution in [0.1, 0.15) is 12.5 Å². The van der Waals surface area contributed by atoms with Gasteiger partial charge in [-0.05, 0) is 24.6 Å². The summed E-state index contributed by atoms with van der Waals surface area (Å²) in [5.74, 6) is -0.699. The smallest absolute Gasteiger partial charge is 0.218 e. The van der Waals surface area contributed by atoms with E-state index in [2.05, 4.69) is 5.32 Å². The van der Waals surface area contributed by atoms with Crippen molar-refractivity contribution in [1.82, 2.24) is 9.62 Å². The van der Waals surface area contributed by atoms with Crippen LogP contribution >= 0.6 is 24.0 Å². The number of rotatable bonds is 3. The monoisotopic (exact) mass is 342 g/mol. The Balaban J connectivity index is 0.00000200. The minimum absolute atomic E-state index is 0. The van der Waals surface area contributed by atoms with E-state index < -0.39 is 15.8 Å². The van der Waals surface area contributed by atoms with Crippen LogP contribution < -0.4 is 5.32 Å². The molecular weight excluding hydrogens is 326 g/mol. The SMILES string of the molecule is C[C@H]1CNCCN1S(=O)(=O)Cc1ccc(F)c(Cl)c1.Cl. The Morgan fingerprint density at radius 1 is 1.50 bits per heavy atom. The molecule has 1 aliphatic heterocycles. The van der Waals surface area contributed by atoms with Gasteiger partial charge in [0.05, 0.1) is 10.8 Å². The van der Waals surface area contributed by atoms with E-state index in [-0.39, 0.29) is 29.2 Å². The van der Waals surface area contributed by atoms with Gasteiger partial charge in [-0.3, -0.25) is 0 Å². The minimum atomic E-state index is -3.40. The zero-order valence-corrected chi connectivity index (χ0v) is 13.4. The Hall–Kier alpha value is -0.400. The fraction of sp³-hybridized carbons (Fsp3) is 0.500. The summed E-state index contributed by atoms with van der Waals surface area (Å²) in [6.45, 7) is 3.61. The summed E-state index contributed by atoms with van der Waals surface area (Å²) in [6, 6.07) is 3.93. The van der Waals surface area contributed by atoms with E-state index >= 15 is 0 Å². The van der Waals surface area contributed by atoms with E-state index in [1.165, 1.54) is 22.5 Å². The predicted octanol–water partition coefficient (Wildman–Crippen LogP) is 2.02. The maximum absolute atomic E-state index is 13.0. The Morgan fingerprint density at radius 2 is 2.20 bits per heavy atom. The molecule has 0 spiro atoms. The molecule has 1 aromatic rings. The number of halogens is 3. The maximum atomic E-state index is 13.0. The van der Waals surface area contributed by atoms with Crippen LogP contribution in [0.3, 0.4) is 0 Å². The molecule has 1 saturated heterocycles. The molecule has 1 heterocycles. The second-order valence-corrected chi connectivity index (χ2v) is 7.00. The van der Waals surface area contributed by atoms with Crippen molar-refractivity contribution in [1.29, 1.82) is 0 Å². The molecule has 0 amide bonds. The van der Waals surface area contributed by atoms with Crippen molar-refractivity contribution in [3.8, 4) is 0 Å². The van der Waals surface area contributed by atoms with Crippen LogP contribution in [0.15, 0.2) is 18.2 Å². The molecule has 1 fully saturated rings. The van der Waals surface area contributed by atoms with Gasteiger partial charge < -0.3 is 5.32 Å². The largest absolute Gasteiger partial charge is 0.314 e. The lowest BCUT2D eigenvalue weighted by Crippen LogP contribution is -2.52. The van der Waals surface area contributed by atoms with E-state index in [1.807, 2.05) is 6.92 Å². The molecule has 8 heteroatoms. The topological polar surface area (TPSA) is 49.4 Å². The lowest BCUT2D eigenvalue weighted by Gasteiger charge is -2.32. The summed E-state index contributed by atoms with van der Waals surface area (Å²) < 4.78 is 39.2. The van der Waals surface area contributed by atoms with Gasteiger partial charge in [0.25, 0.3) is 0 Å². The first-order valence-electron chi connectivity index (χ1n) is 6.04. The molecule has 114 valence electrons. The van der Waals surface area contributed by atoms with E-state index in [1.54, 1.807) is 0 Å². The highest BCUT2D eigenvalue weighted by atomic mass is 35.5. The molecule has 1 aromatic carbocycles. The van der Waals surface area contributed by atoms with Crippen LogP contribution in [0, 0.1) is 5.82 Å². The molecule has 0 radical (unpaired) electrons. The van der Waals surface area contributed by atoms with Gasteiger partial charge in [0, 0.05) is 25.7 Å². The summed E-state index contributed by atoms with van der Waals surface area (Å²) >= 11 is 5.66. The zero-order chi connectivity index (χ0) is 14.0. The van der Waals surface area contributed by atoms with Crippen molar-refractivity contribution in [2.24, 2.45) is 0 Å². The van der Waals surface area contributed by atoms with Gasteiger partial charge in [-0.15, -0.1) is 12.4 Å². The number of nitrogens with one attached hydrogen (secondary N) is 1. The Bertz CT molecular complexity index is 569. The highest BCUT2D eigenvalue weighted by Crippen LogP contribution is 2.20. The van der Waals surface area contributed by atoms with Crippen molar-refractivity contribution < 1.29 is 12.8 Å². The standard InChI is InChI=1S/C12H16ClFN2O2S.ClH/c1-9-7-15-4-5-16(9)19(17,18)8-10-2-3-12(14)11(13)6-10;/h2-3,6,9,15H,4-5,7-8H2,1H3;1H/t9-;/m0./s1. The van der Waals surface area contributed by atoms with Crippen molar-refractivity contribution in [2.75, 3.05) is 19.6 Å². The molecule has 0 bridgehead atoms. The molecule has 2 rings (SSSR count). The van der Waals surface area contributed by atoms with Crippen LogP contribution in [0.25, 0.3) is 0 Å². The molecule has 0 unspecified atom stereocenters. The molecular formula is C12H17Cl2FN2O2S. The van der Waals surface area contributed by atoms with Gasteiger partial charge in [-0.25, -0.2) is 12.8 Å². The van der Waals surface area contributed by atoms with Gasteiger partial charge in [-0.2, -0.15) is 4.31 Å². The van der Waals surface area contributed by atoms with Gasteiger partial charge in [0.2, 0.25) is 10.0 Å². The normalized spacial score (nSPS) is 20.4. The predicted molar refractivity (Wildman–Crippen MR) is 80.3 cm³/mol. The third-order valence-corrected chi connectivity index (χ3v) is 5.38. The molecule has 4 nitrogen and oxygen atoms in total. The molecule has 0 aliphatic carbocycles. The van der Waals surface area contributed by atoms with Crippen molar-refractivity contribution in [3.05, 3.63) is 34.6 Å². The van der Waals surface area contributed by atoms with Gasteiger partial charge in [0.15, 0.2) is 0 Å². The highest BCUT2D eigenvalue weighted by molar-refractivity contribution is 7.88. The van der Waals surface area contributed by atoms with Crippen molar-refractivity contribution >= 4 is 34.0 Å². The number of hydrogen-bond acceptors (Lipinski definition) is 3. The number of sulfonamides is 1. The zero-order valence-electron chi connectivity index (χ0n) is 11.0. The number of hydrogen-bond donors (Lipinski definition) is 1. The fourth-order valence-electron chi connectivity index (χ4n) is 2.16. The summed E-state index contributed by atoms with van der Waals surface area (Å²) in [5, 5.41) is 3.09. The van der Waals surface area contributed by atoms with E-state index in [0.29, 0.717) is 25.2 Å². The molecule has 1 aliphatic rings. The first-order valence-corrected chi connectivity index (χ1v) is 8.03. The minimum Gasteiger partial charge on any atom is -0.314 e. The average Bonchev–Trinajstić information content (AvgIpc) is 2.34. The van der Waals surface area contributed by atoms with Crippen LogP contribution in [0.4, 0.5) is 4.39 Å². The van der Waals surface area contributed by atoms with Gasteiger partial charge in [-0.1, -0.05) is 17.7 Å². The lowest BCUT2D eigenvalue weighted by molar-refractivity contribution is 0.283. The number of piperazine rings is 1. The average molecular weight is 343 g/mol. The van der Waals surface area contributed by atoms with Gasteiger partial charge >= 0.3 is 0 Å². The molecule has 1 N–H and O–H groups in total. The van der Waals surface area contributed by atoms with E-state index in [4.69, 9.17) is 11.6 Å². The van der Waals surface area contributed by atoms with Crippen molar-refractivity contribution in [3.63, 3.8) is 0 Å². The summed E-state index contributed by atoms with van der Waals surface area (Å²) in [5.41, 5.74) is 0.497. The number of nitrogens with zero attached hydrogens (tertiary/aromatic N) is 1. The second-order valence-electron chi connectivity index (χ2n) is 4.67. The maximum Gasteiger partial charge on any atom is 0.218 e. The molecule has 0 saturated carbocycles. The lowest BCUT2D eigenvalue weighted by atomic mass is 10.2. The molecule has 1 atom stereocenters. The van der Waals surface area contributed by atoms with Gasteiger partial charge in [0.1, 0.15) is 5.82 Å². The fourth-order valence-corrected chi connectivity index (χ4v) is 4.12. The molecule has 20 heavy (non-hydrogen) atoms. The summed E-state index contributed by atoms with van der Waals surface area (Å²) in [4.78, 5) is 0. The Morgan fingerprint density at radius 3 is 2.80 bits per heavy atom. The number of benzene rings is 1. The first kappa shape index (κ1) is 17.7. The first-order chi connectivity index (χ1) is 8.90. The summed E-state index contributed by atoms with van der Waals surface area (Å²) in [7, 11) is -3.40. The summed E-state index contributed by atoms with van der Waals surface area (Å²) in [6.07, 6.45) is 0. The van der Waals surface area contributed by atoms with E-state index in [0.717, 1.165) is 0 Å². The third-order valence-electron chi connectivity index (χ3n) is 3.13.